The van der Waals surface area contributed by atoms with Crippen molar-refractivity contribution in [2.24, 2.45) is 0 Å². The Hall–Kier alpha value is -2.27. The predicted octanol–water partition coefficient (Wildman–Crippen LogP) is 3.16. The van der Waals surface area contributed by atoms with Gasteiger partial charge in [-0.2, -0.15) is 0 Å². The monoisotopic (exact) mass is 308 g/mol. The fraction of sp³-hybridized carbons (Fsp3) is 0.133. The van der Waals surface area contributed by atoms with Gasteiger partial charge in [0.2, 0.25) is 0 Å². The summed E-state index contributed by atoms with van der Waals surface area (Å²) in [7, 11) is 1.52. The van der Waals surface area contributed by atoms with Crippen molar-refractivity contribution in [3.63, 3.8) is 0 Å². The van der Waals surface area contributed by atoms with Crippen LogP contribution in [0.4, 0.5) is 10.1 Å². The van der Waals surface area contributed by atoms with Gasteiger partial charge in [0.1, 0.15) is 0 Å². The normalized spacial score (nSPS) is 10.2. The van der Waals surface area contributed by atoms with Crippen LogP contribution in [-0.2, 0) is 6.54 Å². The van der Waals surface area contributed by atoms with E-state index in [4.69, 9.17) is 11.6 Å². The Morgan fingerprint density at radius 2 is 2.10 bits per heavy atom. The van der Waals surface area contributed by atoms with Gasteiger partial charge in [-0.1, -0.05) is 23.7 Å². The van der Waals surface area contributed by atoms with Crippen molar-refractivity contribution in [2.45, 2.75) is 6.54 Å². The number of carbonyl (C=O) groups is 1. The second-order valence-electron chi connectivity index (χ2n) is 4.37. The van der Waals surface area contributed by atoms with Crippen molar-refractivity contribution in [1.29, 1.82) is 0 Å². The van der Waals surface area contributed by atoms with Crippen molar-refractivity contribution in [2.75, 3.05) is 12.4 Å². The molecular formula is C15H14ClFN2O2. The van der Waals surface area contributed by atoms with Crippen LogP contribution in [0.2, 0.25) is 5.02 Å². The molecule has 3 N–H and O–H groups in total. The minimum atomic E-state index is -0.670. The van der Waals surface area contributed by atoms with Crippen molar-refractivity contribution < 1.29 is 14.3 Å². The average molecular weight is 309 g/mol. The van der Waals surface area contributed by atoms with E-state index in [2.05, 4.69) is 10.6 Å². The maximum absolute atomic E-state index is 13.2. The summed E-state index contributed by atoms with van der Waals surface area (Å²) < 4.78 is 13.2. The summed E-state index contributed by atoms with van der Waals surface area (Å²) in [5, 5.41) is 15.5. The molecule has 0 aliphatic heterocycles. The summed E-state index contributed by atoms with van der Waals surface area (Å²) >= 11 is 5.95. The van der Waals surface area contributed by atoms with E-state index in [1.54, 1.807) is 24.3 Å². The number of para-hydroxylation sites is 1. The van der Waals surface area contributed by atoms with Crippen LogP contribution in [-0.4, -0.2) is 18.1 Å². The fourth-order valence-electron chi connectivity index (χ4n) is 1.84. The van der Waals surface area contributed by atoms with E-state index in [1.165, 1.54) is 19.2 Å². The van der Waals surface area contributed by atoms with Gasteiger partial charge in [-0.15, -0.1) is 0 Å². The molecule has 2 aromatic rings. The zero-order chi connectivity index (χ0) is 15.4. The van der Waals surface area contributed by atoms with Crippen molar-refractivity contribution in [3.05, 3.63) is 58.4 Å². The van der Waals surface area contributed by atoms with Gasteiger partial charge in [0.15, 0.2) is 11.6 Å². The Kier molecular flexibility index (Phi) is 4.65. The quantitative estimate of drug-likeness (QED) is 0.813. The predicted molar refractivity (Wildman–Crippen MR) is 80.2 cm³/mol. The number of aromatic hydroxyl groups is 1. The molecule has 0 spiro atoms. The summed E-state index contributed by atoms with van der Waals surface area (Å²) in [6.07, 6.45) is 0. The van der Waals surface area contributed by atoms with Gasteiger partial charge in [-0.05, 0) is 24.3 Å². The first kappa shape index (κ1) is 15.1. The number of halogens is 2. The third-order valence-electron chi connectivity index (χ3n) is 2.99. The Bertz CT molecular complexity index is 677. The van der Waals surface area contributed by atoms with Gasteiger partial charge in [-0.25, -0.2) is 4.39 Å². The maximum atomic E-state index is 13.2. The highest BCUT2D eigenvalue weighted by Gasteiger charge is 2.10. The molecule has 0 saturated heterocycles. The Balaban J connectivity index is 2.17. The number of benzene rings is 2. The van der Waals surface area contributed by atoms with Gasteiger partial charge in [0.25, 0.3) is 5.91 Å². The minimum Gasteiger partial charge on any atom is -0.505 e. The minimum absolute atomic E-state index is 0.221. The molecule has 21 heavy (non-hydrogen) atoms. The first-order chi connectivity index (χ1) is 10.0. The van der Waals surface area contributed by atoms with Crippen LogP contribution >= 0.6 is 11.6 Å². The molecule has 4 nitrogen and oxygen atoms in total. The number of phenolic OH excluding ortho intramolecular Hbond substituents is 1. The van der Waals surface area contributed by atoms with Crippen LogP contribution < -0.4 is 10.6 Å². The molecule has 0 aromatic heterocycles. The molecule has 0 unspecified atom stereocenters. The van der Waals surface area contributed by atoms with E-state index in [9.17, 15) is 14.3 Å². The molecule has 1 amide bonds. The van der Waals surface area contributed by atoms with Crippen LogP contribution in [0.1, 0.15) is 15.9 Å². The molecular weight excluding hydrogens is 295 g/mol. The summed E-state index contributed by atoms with van der Waals surface area (Å²) in [5.74, 6) is -1.35. The second kappa shape index (κ2) is 6.45. The van der Waals surface area contributed by atoms with Crippen LogP contribution in [0.25, 0.3) is 0 Å². The van der Waals surface area contributed by atoms with Crippen LogP contribution in [0.3, 0.4) is 0 Å². The smallest absolute Gasteiger partial charge is 0.252 e. The highest BCUT2D eigenvalue weighted by molar-refractivity contribution is 6.34. The molecule has 2 aromatic carbocycles. The van der Waals surface area contributed by atoms with Crippen LogP contribution in [0.5, 0.6) is 5.75 Å². The molecule has 0 aliphatic carbocycles. The molecule has 2 rings (SSSR count). The number of hydrogen-bond acceptors (Lipinski definition) is 3. The lowest BCUT2D eigenvalue weighted by atomic mass is 10.1. The third-order valence-corrected chi connectivity index (χ3v) is 3.32. The lowest BCUT2D eigenvalue weighted by Crippen LogP contribution is -2.18. The average Bonchev–Trinajstić information content (AvgIpc) is 2.49. The first-order valence-corrected chi connectivity index (χ1v) is 6.62. The number of nitrogens with one attached hydrogen (secondary N) is 2. The molecule has 0 radical (unpaired) electrons. The number of anilines is 1. The van der Waals surface area contributed by atoms with Crippen LogP contribution in [0, 0.1) is 5.82 Å². The van der Waals surface area contributed by atoms with Gasteiger partial charge >= 0.3 is 0 Å². The zero-order valence-electron chi connectivity index (χ0n) is 11.3. The van der Waals surface area contributed by atoms with Gasteiger partial charge in [-0.3, -0.25) is 4.79 Å². The lowest BCUT2D eigenvalue weighted by Gasteiger charge is -2.10. The third kappa shape index (κ3) is 3.44. The number of amides is 1. The van der Waals surface area contributed by atoms with Gasteiger partial charge in [0, 0.05) is 24.8 Å². The Morgan fingerprint density at radius 1 is 1.33 bits per heavy atom. The Morgan fingerprint density at radius 3 is 2.81 bits per heavy atom. The fourth-order valence-corrected chi connectivity index (χ4v) is 2.05. The van der Waals surface area contributed by atoms with E-state index in [0.717, 1.165) is 0 Å². The first-order valence-electron chi connectivity index (χ1n) is 6.24. The summed E-state index contributed by atoms with van der Waals surface area (Å²) in [6, 6.07) is 9.21. The van der Waals surface area contributed by atoms with Gasteiger partial charge in [0.05, 0.1) is 10.6 Å². The van der Waals surface area contributed by atoms with E-state index in [-0.39, 0.29) is 18.2 Å². The van der Waals surface area contributed by atoms with Crippen LogP contribution in [0.15, 0.2) is 36.4 Å². The van der Waals surface area contributed by atoms with Gasteiger partial charge < -0.3 is 15.7 Å². The summed E-state index contributed by atoms with van der Waals surface area (Å²) in [5.41, 5.74) is 1.40. The Labute approximate surface area is 126 Å². The largest absolute Gasteiger partial charge is 0.505 e. The molecule has 6 heteroatoms. The van der Waals surface area contributed by atoms with E-state index in [0.29, 0.717) is 21.8 Å². The molecule has 0 saturated carbocycles. The summed E-state index contributed by atoms with van der Waals surface area (Å²) in [4.78, 5) is 11.6. The standard InChI is InChI=1S/C15H14ClFN2O2/c1-18-15(21)11-7-10(5-6-12(11)16)19-8-9-3-2-4-13(17)14(9)20/h2-7,19-20H,8H2,1H3,(H,18,21). The zero-order valence-corrected chi connectivity index (χ0v) is 12.0. The maximum Gasteiger partial charge on any atom is 0.252 e. The lowest BCUT2D eigenvalue weighted by molar-refractivity contribution is 0.0963. The molecule has 0 bridgehead atoms. The van der Waals surface area contributed by atoms with Crippen molar-refractivity contribution >= 4 is 23.2 Å². The highest BCUT2D eigenvalue weighted by atomic mass is 35.5. The number of phenols is 1. The molecule has 0 atom stereocenters. The van der Waals surface area contributed by atoms with Crippen molar-refractivity contribution in [1.82, 2.24) is 5.32 Å². The van der Waals surface area contributed by atoms with E-state index < -0.39 is 5.82 Å². The second-order valence-corrected chi connectivity index (χ2v) is 4.78. The topological polar surface area (TPSA) is 61.4 Å². The number of rotatable bonds is 4. The highest BCUT2D eigenvalue weighted by Crippen LogP contribution is 2.24. The SMILES string of the molecule is CNC(=O)c1cc(NCc2cccc(F)c2O)ccc1Cl. The molecule has 0 heterocycles. The molecule has 110 valence electrons. The molecule has 0 fully saturated rings. The number of hydrogen-bond donors (Lipinski definition) is 3. The molecule has 0 aliphatic rings. The van der Waals surface area contributed by atoms with E-state index in [1.807, 2.05) is 0 Å². The summed E-state index contributed by atoms with van der Waals surface area (Å²) in [6.45, 7) is 0.221. The number of carbonyl (C=O) groups excluding carboxylic acids is 1. The van der Waals surface area contributed by atoms with Crippen molar-refractivity contribution in [3.8, 4) is 5.75 Å². The van der Waals surface area contributed by atoms with E-state index >= 15 is 0 Å².